The molecule has 0 spiro atoms. The van der Waals surface area contributed by atoms with Crippen LogP contribution in [0.5, 0.6) is 17.2 Å². The van der Waals surface area contributed by atoms with Crippen molar-refractivity contribution in [1.82, 2.24) is 4.90 Å². The maximum Gasteiger partial charge on any atom is 0.258 e. The van der Waals surface area contributed by atoms with E-state index in [1.54, 1.807) is 24.3 Å². The van der Waals surface area contributed by atoms with Crippen LogP contribution in [0.15, 0.2) is 54.1 Å². The van der Waals surface area contributed by atoms with Crippen LogP contribution in [-0.2, 0) is 19.2 Å². The summed E-state index contributed by atoms with van der Waals surface area (Å²) in [6, 6.07) is 7.97. The predicted molar refractivity (Wildman–Crippen MR) is 165 cm³/mol. The van der Waals surface area contributed by atoms with Gasteiger partial charge in [-0.25, -0.2) is 9.29 Å². The lowest BCUT2D eigenvalue weighted by molar-refractivity contribution is -0.140. The van der Waals surface area contributed by atoms with E-state index in [0.717, 1.165) is 17.0 Å². The van der Waals surface area contributed by atoms with E-state index in [2.05, 4.69) is 0 Å². The van der Waals surface area contributed by atoms with Gasteiger partial charge >= 0.3 is 0 Å². The molecule has 2 aromatic carbocycles. The van der Waals surface area contributed by atoms with E-state index >= 15 is 0 Å². The predicted octanol–water partition coefficient (Wildman–Crippen LogP) is 5.07. The standard InChI is InChI=1S/C33H31Cl2FN2O7/c1-4-13-37-28(40)21-11-10-20-22(26(21)29(37)41)16-32(34)30(42)38(19-8-6-18(36)7-9-19)31(43)33(32,35)23(20)12-5-17-14-24(44-2)27(39)25(15-17)45-3/h5-10,12,14-15,21-23,26,39H,4,11,13,16H2,1-3H3. The molecule has 9 nitrogen and oxygen atoms in total. The van der Waals surface area contributed by atoms with Gasteiger partial charge < -0.3 is 14.6 Å². The normalized spacial score (nSPS) is 30.8. The molecule has 2 aromatic rings. The SMILES string of the molecule is CCCN1C(=O)C2CC=C3C(CC4(Cl)C(=O)N(c5ccc(F)cc5)C(=O)C4(Cl)C3C=Cc3cc(OC)c(O)c(OC)c3)C2C1=O. The molecule has 2 saturated heterocycles. The first-order chi connectivity index (χ1) is 21.4. The number of methoxy groups -OCH3 is 2. The Morgan fingerprint density at radius 3 is 2.24 bits per heavy atom. The Hall–Kier alpha value is -3.89. The van der Waals surface area contributed by atoms with Crippen molar-refractivity contribution in [3.63, 3.8) is 0 Å². The molecule has 6 atom stereocenters. The maximum atomic E-state index is 14.3. The fraction of sp³-hybridized carbons (Fsp3) is 0.394. The molecule has 2 aliphatic heterocycles. The van der Waals surface area contributed by atoms with Gasteiger partial charge in [-0.15, -0.1) is 23.2 Å². The van der Waals surface area contributed by atoms with Crippen molar-refractivity contribution in [3.05, 3.63) is 65.5 Å². The van der Waals surface area contributed by atoms with Gasteiger partial charge in [0, 0.05) is 12.5 Å². The van der Waals surface area contributed by atoms with Crippen LogP contribution in [0.4, 0.5) is 10.1 Å². The van der Waals surface area contributed by atoms with Crippen LogP contribution in [0.3, 0.4) is 0 Å². The number of hydrogen-bond donors (Lipinski definition) is 1. The average Bonchev–Trinajstić information content (AvgIpc) is 3.35. The number of nitrogens with zero attached hydrogens (tertiary/aromatic N) is 2. The van der Waals surface area contributed by atoms with Gasteiger partial charge in [-0.05, 0) is 67.1 Å². The number of imide groups is 2. The van der Waals surface area contributed by atoms with E-state index in [1.165, 1.54) is 31.3 Å². The first kappa shape index (κ1) is 31.1. The highest BCUT2D eigenvalue weighted by Gasteiger charge is 2.76. The van der Waals surface area contributed by atoms with Gasteiger partial charge in [-0.2, -0.15) is 0 Å². The molecule has 6 unspecified atom stereocenters. The summed E-state index contributed by atoms with van der Waals surface area (Å²) in [4.78, 5) is 53.7. The van der Waals surface area contributed by atoms with Crippen LogP contribution in [0.25, 0.3) is 6.08 Å². The molecule has 0 bridgehead atoms. The third-order valence-electron chi connectivity index (χ3n) is 9.47. The maximum absolute atomic E-state index is 14.3. The zero-order valence-electron chi connectivity index (χ0n) is 24.8. The quantitative estimate of drug-likeness (QED) is 0.252. The van der Waals surface area contributed by atoms with Gasteiger partial charge in [-0.3, -0.25) is 24.1 Å². The monoisotopic (exact) mass is 656 g/mol. The molecule has 3 fully saturated rings. The first-order valence-corrected chi connectivity index (χ1v) is 15.4. The number of benzene rings is 2. The van der Waals surface area contributed by atoms with Crippen molar-refractivity contribution in [1.29, 1.82) is 0 Å². The number of fused-ring (bicyclic) bond motifs is 4. The summed E-state index contributed by atoms with van der Waals surface area (Å²) in [5.41, 5.74) is 1.26. The highest BCUT2D eigenvalue weighted by Crippen LogP contribution is 2.63. The Kier molecular flexibility index (Phi) is 7.72. The van der Waals surface area contributed by atoms with Gasteiger partial charge in [-0.1, -0.05) is 30.7 Å². The molecule has 0 aromatic heterocycles. The van der Waals surface area contributed by atoms with Crippen molar-refractivity contribution in [2.75, 3.05) is 25.7 Å². The topological polar surface area (TPSA) is 113 Å². The highest BCUT2D eigenvalue weighted by molar-refractivity contribution is 6.58. The molecule has 4 amide bonds. The fourth-order valence-corrected chi connectivity index (χ4v) is 8.26. The zero-order chi connectivity index (χ0) is 32.4. The smallest absolute Gasteiger partial charge is 0.258 e. The Morgan fingerprint density at radius 2 is 1.64 bits per heavy atom. The van der Waals surface area contributed by atoms with E-state index in [4.69, 9.17) is 32.7 Å². The molecular weight excluding hydrogens is 626 g/mol. The molecule has 4 aliphatic rings. The van der Waals surface area contributed by atoms with Crippen LogP contribution in [0.2, 0.25) is 0 Å². The Bertz CT molecular complexity index is 1650. The van der Waals surface area contributed by atoms with Crippen LogP contribution < -0.4 is 14.4 Å². The molecule has 2 heterocycles. The first-order valence-electron chi connectivity index (χ1n) is 14.6. The lowest BCUT2D eigenvalue weighted by Crippen LogP contribution is -2.60. The van der Waals surface area contributed by atoms with Gasteiger partial charge in [0.2, 0.25) is 17.6 Å². The number of ether oxygens (including phenoxy) is 2. The molecular formula is C33H31Cl2FN2O7. The van der Waals surface area contributed by atoms with E-state index in [0.29, 0.717) is 17.6 Å². The molecule has 6 rings (SSSR count). The third kappa shape index (κ3) is 4.40. The molecule has 12 heteroatoms. The number of phenolic OH excluding ortho intramolecular Hbond substituents is 1. The summed E-state index contributed by atoms with van der Waals surface area (Å²) >= 11 is 14.6. The number of hydrogen-bond acceptors (Lipinski definition) is 7. The number of rotatable bonds is 7. The summed E-state index contributed by atoms with van der Waals surface area (Å²) in [6.45, 7) is 2.16. The zero-order valence-corrected chi connectivity index (χ0v) is 26.3. The molecule has 236 valence electrons. The van der Waals surface area contributed by atoms with Gasteiger partial charge in [0.05, 0.1) is 31.7 Å². The number of allylic oxidation sites excluding steroid dienone is 3. The summed E-state index contributed by atoms with van der Waals surface area (Å²) < 4.78 is 24.4. The Labute approximate surface area is 269 Å². The summed E-state index contributed by atoms with van der Waals surface area (Å²) in [5.74, 6) is -5.66. The number of phenols is 1. The number of halogens is 3. The second kappa shape index (κ2) is 11.2. The lowest BCUT2D eigenvalue weighted by Gasteiger charge is -2.49. The van der Waals surface area contributed by atoms with Crippen LogP contribution in [0.1, 0.15) is 31.7 Å². The summed E-state index contributed by atoms with van der Waals surface area (Å²) in [6.07, 6.45) is 5.85. The van der Waals surface area contributed by atoms with Crippen molar-refractivity contribution in [3.8, 4) is 17.2 Å². The minimum absolute atomic E-state index is 0.104. The number of likely N-dealkylation sites (tertiary alicyclic amines) is 1. The van der Waals surface area contributed by atoms with Crippen molar-refractivity contribution in [2.45, 2.75) is 35.9 Å². The van der Waals surface area contributed by atoms with Crippen molar-refractivity contribution >= 4 is 58.6 Å². The van der Waals surface area contributed by atoms with E-state index in [1.807, 2.05) is 13.0 Å². The summed E-state index contributed by atoms with van der Waals surface area (Å²) in [7, 11) is 2.78. The van der Waals surface area contributed by atoms with Crippen molar-refractivity contribution < 1.29 is 38.1 Å². The second-order valence-electron chi connectivity index (χ2n) is 11.8. The third-order valence-corrected chi connectivity index (χ3v) is 10.9. The number of carbonyl (C=O) groups is 4. The fourth-order valence-electron chi connectivity index (χ4n) is 7.37. The number of amides is 4. The number of carbonyl (C=O) groups excluding carboxylic acids is 4. The second-order valence-corrected chi connectivity index (χ2v) is 13.0. The van der Waals surface area contributed by atoms with E-state index in [-0.39, 0.29) is 54.1 Å². The molecule has 1 saturated carbocycles. The van der Waals surface area contributed by atoms with Gasteiger partial charge in [0.25, 0.3) is 11.8 Å². The average molecular weight is 658 g/mol. The lowest BCUT2D eigenvalue weighted by atomic mass is 9.57. The van der Waals surface area contributed by atoms with Crippen LogP contribution in [-0.4, -0.2) is 64.1 Å². The van der Waals surface area contributed by atoms with Crippen LogP contribution >= 0.6 is 23.2 Å². The molecule has 0 radical (unpaired) electrons. The Morgan fingerprint density at radius 1 is 1.00 bits per heavy atom. The van der Waals surface area contributed by atoms with E-state index in [9.17, 15) is 28.7 Å². The molecule has 45 heavy (non-hydrogen) atoms. The largest absolute Gasteiger partial charge is 0.502 e. The minimum Gasteiger partial charge on any atom is -0.502 e. The van der Waals surface area contributed by atoms with Crippen LogP contribution in [0, 0.1) is 29.5 Å². The minimum atomic E-state index is -2.04. The summed E-state index contributed by atoms with van der Waals surface area (Å²) in [5, 5.41) is 10.4. The number of aromatic hydroxyl groups is 1. The highest BCUT2D eigenvalue weighted by atomic mass is 35.5. The molecule has 2 aliphatic carbocycles. The molecule has 1 N–H and O–H groups in total. The Balaban J connectivity index is 1.51. The van der Waals surface area contributed by atoms with Gasteiger partial charge in [0.15, 0.2) is 21.2 Å². The number of anilines is 1. The number of alkyl halides is 2. The van der Waals surface area contributed by atoms with E-state index < -0.39 is 51.1 Å². The van der Waals surface area contributed by atoms with Gasteiger partial charge in [0.1, 0.15) is 5.82 Å². The van der Waals surface area contributed by atoms with Crippen molar-refractivity contribution in [2.24, 2.45) is 23.7 Å².